The zero-order valence-corrected chi connectivity index (χ0v) is 12.4. The molecule has 0 aromatic carbocycles. The van der Waals surface area contributed by atoms with E-state index >= 15 is 0 Å². The zero-order valence-electron chi connectivity index (χ0n) is 12.4. The molecule has 0 aromatic rings. The van der Waals surface area contributed by atoms with E-state index in [0.717, 1.165) is 18.5 Å². The standard InChI is InChI=1S/C17H33N/c1-3-5-6-7-11-14-17(18-4-2)15-16-12-9-8-10-13-16/h3,16-18H,1,4-15H2,2H3. The van der Waals surface area contributed by atoms with Gasteiger partial charge in [-0.05, 0) is 38.1 Å². The van der Waals surface area contributed by atoms with Crippen LogP contribution in [0.4, 0.5) is 0 Å². The Labute approximate surface area is 114 Å². The van der Waals surface area contributed by atoms with Crippen molar-refractivity contribution in [1.29, 1.82) is 0 Å². The second-order valence-electron chi connectivity index (χ2n) is 5.92. The summed E-state index contributed by atoms with van der Waals surface area (Å²) in [5.74, 6) is 1.01. The first kappa shape index (κ1) is 15.8. The van der Waals surface area contributed by atoms with Crippen LogP contribution in [-0.2, 0) is 0 Å². The van der Waals surface area contributed by atoms with Crippen molar-refractivity contribution >= 4 is 0 Å². The van der Waals surface area contributed by atoms with E-state index in [1.807, 2.05) is 6.08 Å². The van der Waals surface area contributed by atoms with Crippen molar-refractivity contribution in [3.05, 3.63) is 12.7 Å². The molecule has 1 atom stereocenters. The summed E-state index contributed by atoms with van der Waals surface area (Å²) >= 11 is 0. The van der Waals surface area contributed by atoms with Crippen LogP contribution in [0.2, 0.25) is 0 Å². The van der Waals surface area contributed by atoms with Crippen LogP contribution in [0.15, 0.2) is 12.7 Å². The lowest BCUT2D eigenvalue weighted by Crippen LogP contribution is -2.31. The summed E-state index contributed by atoms with van der Waals surface area (Å²) in [6.45, 7) is 7.16. The number of rotatable bonds is 10. The predicted molar refractivity (Wildman–Crippen MR) is 81.9 cm³/mol. The third kappa shape index (κ3) is 7.20. The summed E-state index contributed by atoms with van der Waals surface area (Å²) in [7, 11) is 0. The van der Waals surface area contributed by atoms with E-state index < -0.39 is 0 Å². The second kappa shape index (κ2) is 10.6. The van der Waals surface area contributed by atoms with Gasteiger partial charge in [0.2, 0.25) is 0 Å². The highest BCUT2D eigenvalue weighted by Crippen LogP contribution is 2.28. The molecule has 1 rings (SSSR count). The molecule has 0 spiro atoms. The van der Waals surface area contributed by atoms with Gasteiger partial charge in [-0.2, -0.15) is 0 Å². The zero-order chi connectivity index (χ0) is 13.1. The second-order valence-corrected chi connectivity index (χ2v) is 5.92. The van der Waals surface area contributed by atoms with E-state index in [0.29, 0.717) is 0 Å². The molecule has 0 radical (unpaired) electrons. The van der Waals surface area contributed by atoms with Crippen molar-refractivity contribution in [3.8, 4) is 0 Å². The fraction of sp³-hybridized carbons (Fsp3) is 0.882. The molecule has 0 aliphatic heterocycles. The Hall–Kier alpha value is -0.300. The lowest BCUT2D eigenvalue weighted by Gasteiger charge is -2.27. The van der Waals surface area contributed by atoms with Gasteiger partial charge >= 0.3 is 0 Å². The molecular weight excluding hydrogens is 218 g/mol. The van der Waals surface area contributed by atoms with Crippen LogP contribution in [0, 0.1) is 5.92 Å². The highest BCUT2D eigenvalue weighted by molar-refractivity contribution is 4.75. The van der Waals surface area contributed by atoms with Crippen LogP contribution < -0.4 is 5.32 Å². The van der Waals surface area contributed by atoms with Gasteiger partial charge in [0.1, 0.15) is 0 Å². The van der Waals surface area contributed by atoms with Gasteiger partial charge in [-0.25, -0.2) is 0 Å². The molecule has 1 fully saturated rings. The van der Waals surface area contributed by atoms with Crippen LogP contribution >= 0.6 is 0 Å². The molecule has 106 valence electrons. The Morgan fingerprint density at radius 3 is 2.61 bits per heavy atom. The lowest BCUT2D eigenvalue weighted by molar-refractivity contribution is 0.289. The Bertz CT molecular complexity index is 194. The first-order valence-electron chi connectivity index (χ1n) is 8.21. The quantitative estimate of drug-likeness (QED) is 0.422. The highest BCUT2D eigenvalue weighted by Gasteiger charge is 2.18. The average molecular weight is 251 g/mol. The largest absolute Gasteiger partial charge is 0.314 e. The monoisotopic (exact) mass is 251 g/mol. The number of allylic oxidation sites excluding steroid dienone is 1. The molecular formula is C17H33N. The summed E-state index contributed by atoms with van der Waals surface area (Å²) < 4.78 is 0. The van der Waals surface area contributed by atoms with Crippen molar-refractivity contribution in [1.82, 2.24) is 5.32 Å². The normalized spacial score (nSPS) is 18.7. The molecule has 1 aliphatic rings. The van der Waals surface area contributed by atoms with E-state index in [9.17, 15) is 0 Å². The third-order valence-corrected chi connectivity index (χ3v) is 4.30. The van der Waals surface area contributed by atoms with Crippen molar-refractivity contribution in [2.75, 3.05) is 6.54 Å². The van der Waals surface area contributed by atoms with E-state index in [1.165, 1.54) is 70.6 Å². The SMILES string of the molecule is C=CCCCCCC(CC1CCCCC1)NCC. The average Bonchev–Trinajstić information content (AvgIpc) is 2.40. The first-order valence-corrected chi connectivity index (χ1v) is 8.21. The van der Waals surface area contributed by atoms with Crippen LogP contribution in [0.5, 0.6) is 0 Å². The Morgan fingerprint density at radius 2 is 1.94 bits per heavy atom. The molecule has 1 heteroatoms. The van der Waals surface area contributed by atoms with Gasteiger partial charge in [-0.3, -0.25) is 0 Å². The molecule has 1 nitrogen and oxygen atoms in total. The minimum atomic E-state index is 0.779. The molecule has 0 amide bonds. The van der Waals surface area contributed by atoms with Gasteiger partial charge in [0.25, 0.3) is 0 Å². The van der Waals surface area contributed by atoms with Gasteiger partial charge in [0.05, 0.1) is 0 Å². The van der Waals surface area contributed by atoms with E-state index in [-0.39, 0.29) is 0 Å². The maximum atomic E-state index is 3.79. The molecule has 1 N–H and O–H groups in total. The molecule has 1 saturated carbocycles. The highest BCUT2D eigenvalue weighted by atomic mass is 14.9. The molecule has 0 aromatic heterocycles. The molecule has 18 heavy (non-hydrogen) atoms. The van der Waals surface area contributed by atoms with Crippen LogP contribution in [0.1, 0.15) is 77.6 Å². The minimum Gasteiger partial charge on any atom is -0.314 e. The van der Waals surface area contributed by atoms with E-state index in [2.05, 4.69) is 18.8 Å². The van der Waals surface area contributed by atoms with Gasteiger partial charge in [-0.1, -0.05) is 57.9 Å². The summed E-state index contributed by atoms with van der Waals surface area (Å²) in [4.78, 5) is 0. The number of nitrogens with one attached hydrogen (secondary N) is 1. The first-order chi connectivity index (χ1) is 8.86. The van der Waals surface area contributed by atoms with Gasteiger partial charge in [0.15, 0.2) is 0 Å². The summed E-state index contributed by atoms with van der Waals surface area (Å²) in [5.41, 5.74) is 0. The molecule has 0 saturated heterocycles. The van der Waals surface area contributed by atoms with E-state index in [4.69, 9.17) is 0 Å². The fourth-order valence-electron chi connectivity index (χ4n) is 3.27. The molecule has 0 bridgehead atoms. The van der Waals surface area contributed by atoms with Crippen molar-refractivity contribution < 1.29 is 0 Å². The molecule has 1 aliphatic carbocycles. The van der Waals surface area contributed by atoms with Crippen LogP contribution in [0.3, 0.4) is 0 Å². The topological polar surface area (TPSA) is 12.0 Å². The number of unbranched alkanes of at least 4 members (excludes halogenated alkanes) is 3. The summed E-state index contributed by atoms with van der Waals surface area (Å²) in [6.07, 6.45) is 17.5. The third-order valence-electron chi connectivity index (χ3n) is 4.30. The summed E-state index contributed by atoms with van der Waals surface area (Å²) in [6, 6.07) is 0.779. The van der Waals surface area contributed by atoms with E-state index in [1.54, 1.807) is 0 Å². The number of hydrogen-bond donors (Lipinski definition) is 1. The lowest BCUT2D eigenvalue weighted by atomic mass is 9.84. The van der Waals surface area contributed by atoms with Gasteiger partial charge < -0.3 is 5.32 Å². The van der Waals surface area contributed by atoms with Crippen molar-refractivity contribution in [2.45, 2.75) is 83.6 Å². The van der Waals surface area contributed by atoms with Crippen molar-refractivity contribution in [2.24, 2.45) is 5.92 Å². The molecule has 1 unspecified atom stereocenters. The van der Waals surface area contributed by atoms with Gasteiger partial charge in [-0.15, -0.1) is 6.58 Å². The summed E-state index contributed by atoms with van der Waals surface area (Å²) in [5, 5.41) is 3.70. The maximum absolute atomic E-state index is 3.79. The Morgan fingerprint density at radius 1 is 1.17 bits per heavy atom. The Balaban J connectivity index is 2.14. The van der Waals surface area contributed by atoms with Crippen LogP contribution in [-0.4, -0.2) is 12.6 Å². The molecule has 0 heterocycles. The predicted octanol–water partition coefficient (Wildman–Crippen LogP) is 5.07. The van der Waals surface area contributed by atoms with Crippen LogP contribution in [0.25, 0.3) is 0 Å². The van der Waals surface area contributed by atoms with Gasteiger partial charge in [0, 0.05) is 6.04 Å². The fourth-order valence-corrected chi connectivity index (χ4v) is 3.27. The Kier molecular flexibility index (Phi) is 9.28. The minimum absolute atomic E-state index is 0.779. The maximum Gasteiger partial charge on any atom is 0.00695 e. The van der Waals surface area contributed by atoms with Crippen molar-refractivity contribution in [3.63, 3.8) is 0 Å². The number of hydrogen-bond acceptors (Lipinski definition) is 1. The smallest absolute Gasteiger partial charge is 0.00695 e.